The monoisotopic (exact) mass is 388 g/mol. The van der Waals surface area contributed by atoms with Crippen LogP contribution in [0.1, 0.15) is 28.4 Å². The zero-order valence-corrected chi connectivity index (χ0v) is 16.5. The van der Waals surface area contributed by atoms with E-state index in [1.54, 1.807) is 0 Å². The van der Waals surface area contributed by atoms with E-state index in [-0.39, 0.29) is 23.1 Å². The molecule has 144 valence electrons. The van der Waals surface area contributed by atoms with Crippen molar-refractivity contribution in [3.63, 3.8) is 0 Å². The number of likely N-dealkylation sites (N-methyl/N-ethyl adjacent to an activating group) is 1. The Bertz CT molecular complexity index is 921. The molecule has 0 aliphatic carbocycles. The number of amides is 1. The summed E-state index contributed by atoms with van der Waals surface area (Å²) in [7, 11) is -2.44. The highest BCUT2D eigenvalue weighted by Crippen LogP contribution is 2.15. The SMILES string of the molecule is CC(=O)c1ccc(S(=O)(=O)N(C)CC(=O)NCCc2ccccc2C)cc1. The molecule has 2 aromatic rings. The highest BCUT2D eigenvalue weighted by Gasteiger charge is 2.23. The summed E-state index contributed by atoms with van der Waals surface area (Å²) in [6.45, 7) is 3.58. The summed E-state index contributed by atoms with van der Waals surface area (Å²) in [5.74, 6) is -0.504. The predicted molar refractivity (Wildman–Crippen MR) is 104 cm³/mol. The lowest BCUT2D eigenvalue weighted by Crippen LogP contribution is -2.39. The topological polar surface area (TPSA) is 83.6 Å². The molecule has 27 heavy (non-hydrogen) atoms. The van der Waals surface area contributed by atoms with Gasteiger partial charge in [-0.05, 0) is 43.5 Å². The van der Waals surface area contributed by atoms with Gasteiger partial charge in [-0.3, -0.25) is 9.59 Å². The van der Waals surface area contributed by atoms with Crippen LogP contribution in [0.3, 0.4) is 0 Å². The number of rotatable bonds is 8. The fraction of sp³-hybridized carbons (Fsp3) is 0.300. The molecule has 6 nitrogen and oxygen atoms in total. The van der Waals surface area contributed by atoms with E-state index >= 15 is 0 Å². The number of aryl methyl sites for hydroxylation is 1. The van der Waals surface area contributed by atoms with Gasteiger partial charge in [-0.1, -0.05) is 36.4 Å². The van der Waals surface area contributed by atoms with Crippen molar-refractivity contribution in [2.45, 2.75) is 25.2 Å². The summed E-state index contributed by atoms with van der Waals surface area (Å²) < 4.78 is 26.1. The van der Waals surface area contributed by atoms with Crippen molar-refractivity contribution < 1.29 is 18.0 Å². The molecule has 0 aliphatic heterocycles. The van der Waals surface area contributed by atoms with E-state index in [2.05, 4.69) is 5.32 Å². The van der Waals surface area contributed by atoms with Crippen LogP contribution < -0.4 is 5.32 Å². The van der Waals surface area contributed by atoms with Gasteiger partial charge in [0, 0.05) is 19.2 Å². The minimum Gasteiger partial charge on any atom is -0.355 e. The Kier molecular flexibility index (Phi) is 6.87. The lowest BCUT2D eigenvalue weighted by Gasteiger charge is -2.17. The Balaban J connectivity index is 1.92. The van der Waals surface area contributed by atoms with Gasteiger partial charge in [0.1, 0.15) is 0 Å². The highest BCUT2D eigenvalue weighted by atomic mass is 32.2. The first-order chi connectivity index (χ1) is 12.7. The fourth-order valence-corrected chi connectivity index (χ4v) is 3.74. The molecule has 0 fully saturated rings. The van der Waals surface area contributed by atoms with Crippen molar-refractivity contribution in [3.8, 4) is 0 Å². The number of carbonyl (C=O) groups is 2. The van der Waals surface area contributed by atoms with Crippen molar-refractivity contribution in [3.05, 3.63) is 65.2 Å². The van der Waals surface area contributed by atoms with Crippen LogP contribution in [0, 0.1) is 6.92 Å². The molecule has 0 radical (unpaired) electrons. The molecule has 0 atom stereocenters. The van der Waals surface area contributed by atoms with Crippen LogP contribution >= 0.6 is 0 Å². The van der Waals surface area contributed by atoms with Gasteiger partial charge >= 0.3 is 0 Å². The van der Waals surface area contributed by atoms with Crippen LogP contribution in [0.5, 0.6) is 0 Å². The smallest absolute Gasteiger partial charge is 0.243 e. The predicted octanol–water partition coefficient (Wildman–Crippen LogP) is 2.18. The third-order valence-electron chi connectivity index (χ3n) is 4.31. The molecule has 0 saturated carbocycles. The van der Waals surface area contributed by atoms with Crippen LogP contribution in [0.25, 0.3) is 0 Å². The fourth-order valence-electron chi connectivity index (χ4n) is 2.61. The molecule has 0 aliphatic rings. The third kappa shape index (κ3) is 5.48. The molecule has 1 amide bonds. The van der Waals surface area contributed by atoms with Gasteiger partial charge in [0.05, 0.1) is 11.4 Å². The van der Waals surface area contributed by atoms with E-state index in [0.29, 0.717) is 18.5 Å². The average molecular weight is 388 g/mol. The standard InChI is InChI=1S/C20H24N2O4S/c1-15-6-4-5-7-17(15)12-13-21-20(24)14-22(3)27(25,26)19-10-8-18(9-11-19)16(2)23/h4-11H,12-14H2,1-3H3,(H,21,24). The molecule has 7 heteroatoms. The summed E-state index contributed by atoms with van der Waals surface area (Å²) >= 11 is 0. The first-order valence-electron chi connectivity index (χ1n) is 8.60. The number of carbonyl (C=O) groups excluding carboxylic acids is 2. The molecular weight excluding hydrogens is 364 g/mol. The Morgan fingerprint density at radius 2 is 1.67 bits per heavy atom. The molecule has 1 N–H and O–H groups in total. The molecule has 0 bridgehead atoms. The Morgan fingerprint density at radius 3 is 2.26 bits per heavy atom. The maximum Gasteiger partial charge on any atom is 0.243 e. The molecule has 0 heterocycles. The van der Waals surface area contributed by atoms with E-state index in [9.17, 15) is 18.0 Å². The van der Waals surface area contributed by atoms with E-state index in [1.807, 2.05) is 31.2 Å². The maximum absolute atomic E-state index is 12.5. The second-order valence-corrected chi connectivity index (χ2v) is 8.41. The lowest BCUT2D eigenvalue weighted by atomic mass is 10.1. The number of benzene rings is 2. The van der Waals surface area contributed by atoms with Crippen molar-refractivity contribution in [2.24, 2.45) is 0 Å². The number of ketones is 1. The lowest BCUT2D eigenvalue weighted by molar-refractivity contribution is -0.121. The summed E-state index contributed by atoms with van der Waals surface area (Å²) in [5, 5.41) is 2.75. The summed E-state index contributed by atoms with van der Waals surface area (Å²) in [6, 6.07) is 13.6. The normalized spacial score (nSPS) is 11.4. The summed E-state index contributed by atoms with van der Waals surface area (Å²) in [5.41, 5.74) is 2.73. The van der Waals surface area contributed by atoms with Crippen molar-refractivity contribution in [1.29, 1.82) is 0 Å². The van der Waals surface area contributed by atoms with Crippen LogP contribution in [0.4, 0.5) is 0 Å². The van der Waals surface area contributed by atoms with Gasteiger partial charge in [0.15, 0.2) is 5.78 Å². The molecule has 2 rings (SSSR count). The first-order valence-corrected chi connectivity index (χ1v) is 10.0. The number of hydrogen-bond acceptors (Lipinski definition) is 4. The molecular formula is C20H24N2O4S. The van der Waals surface area contributed by atoms with E-state index in [4.69, 9.17) is 0 Å². The number of sulfonamides is 1. The quantitative estimate of drug-likeness (QED) is 0.703. The Morgan fingerprint density at radius 1 is 1.04 bits per heavy atom. The van der Waals surface area contributed by atoms with Crippen LogP contribution in [0.15, 0.2) is 53.4 Å². The minimum absolute atomic E-state index is 0.0442. The van der Waals surface area contributed by atoms with Crippen molar-refractivity contribution in [2.75, 3.05) is 20.1 Å². The van der Waals surface area contributed by atoms with E-state index in [0.717, 1.165) is 15.4 Å². The molecule has 0 saturated heterocycles. The van der Waals surface area contributed by atoms with Gasteiger partial charge in [-0.15, -0.1) is 0 Å². The van der Waals surface area contributed by atoms with Crippen molar-refractivity contribution >= 4 is 21.7 Å². The van der Waals surface area contributed by atoms with Crippen LogP contribution in [0.2, 0.25) is 0 Å². The summed E-state index contributed by atoms with van der Waals surface area (Å²) in [6.07, 6.45) is 0.682. The Labute approximate surface area is 160 Å². The van der Waals surface area contributed by atoms with Gasteiger partial charge in [0.2, 0.25) is 15.9 Å². The van der Waals surface area contributed by atoms with E-state index < -0.39 is 10.0 Å². The first kappa shape index (κ1) is 20.8. The van der Waals surface area contributed by atoms with Crippen LogP contribution in [-0.2, 0) is 21.2 Å². The van der Waals surface area contributed by atoms with Gasteiger partial charge in [-0.25, -0.2) is 8.42 Å². The second-order valence-electron chi connectivity index (χ2n) is 6.37. The largest absolute Gasteiger partial charge is 0.355 e. The highest BCUT2D eigenvalue weighted by molar-refractivity contribution is 7.89. The molecule has 2 aromatic carbocycles. The third-order valence-corrected chi connectivity index (χ3v) is 6.13. The van der Waals surface area contributed by atoms with Gasteiger partial charge in [0.25, 0.3) is 0 Å². The average Bonchev–Trinajstić information content (AvgIpc) is 2.63. The number of hydrogen-bond donors (Lipinski definition) is 1. The zero-order valence-electron chi connectivity index (χ0n) is 15.7. The number of Topliss-reactive ketones (excluding diaryl/α,β-unsaturated/α-hetero) is 1. The molecule has 0 aromatic heterocycles. The number of nitrogens with one attached hydrogen (secondary N) is 1. The minimum atomic E-state index is -3.80. The van der Waals surface area contributed by atoms with Crippen molar-refractivity contribution in [1.82, 2.24) is 9.62 Å². The van der Waals surface area contributed by atoms with Gasteiger partial charge in [-0.2, -0.15) is 4.31 Å². The van der Waals surface area contributed by atoms with Gasteiger partial charge < -0.3 is 5.32 Å². The second kappa shape index (κ2) is 8.92. The summed E-state index contributed by atoms with van der Waals surface area (Å²) in [4.78, 5) is 23.4. The van der Waals surface area contributed by atoms with E-state index in [1.165, 1.54) is 38.2 Å². The maximum atomic E-state index is 12.5. The number of nitrogens with zero attached hydrogens (tertiary/aromatic N) is 1. The zero-order chi connectivity index (χ0) is 20.0. The molecule has 0 unspecified atom stereocenters. The van der Waals surface area contributed by atoms with Crippen LogP contribution in [-0.4, -0.2) is 44.6 Å². The molecule has 0 spiro atoms. The Hall–Kier alpha value is -2.51.